The van der Waals surface area contributed by atoms with Crippen LogP contribution in [0.25, 0.3) is 0 Å². The molecule has 0 saturated carbocycles. The van der Waals surface area contributed by atoms with Gasteiger partial charge in [-0.1, -0.05) is 58.8 Å². The highest BCUT2D eigenvalue weighted by molar-refractivity contribution is 5.75. The first kappa shape index (κ1) is 19.5. The molecule has 130 valence electrons. The maximum atomic E-state index is 12.5. The number of hydrazine groups is 1. The second-order valence-electron chi connectivity index (χ2n) is 6.73. The van der Waals surface area contributed by atoms with Crippen LogP contribution in [-0.4, -0.2) is 35.1 Å². The lowest BCUT2D eigenvalue weighted by Crippen LogP contribution is -2.48. The zero-order valence-electron chi connectivity index (χ0n) is 15.3. The molecule has 3 heteroatoms. The van der Waals surface area contributed by atoms with Gasteiger partial charge in [0.25, 0.3) is 0 Å². The van der Waals surface area contributed by atoms with Crippen LogP contribution < -0.4 is 0 Å². The van der Waals surface area contributed by atoms with Gasteiger partial charge in [0, 0.05) is 25.6 Å². The Bertz CT molecular complexity index is 293. The second-order valence-corrected chi connectivity index (χ2v) is 6.73. The van der Waals surface area contributed by atoms with Gasteiger partial charge in [-0.15, -0.1) is 0 Å². The van der Waals surface area contributed by atoms with Gasteiger partial charge in [0.2, 0.25) is 5.91 Å². The fourth-order valence-electron chi connectivity index (χ4n) is 3.57. The number of carbonyl (C=O) groups is 1. The van der Waals surface area contributed by atoms with Crippen LogP contribution in [0, 0.1) is 0 Å². The summed E-state index contributed by atoms with van der Waals surface area (Å²) >= 11 is 0. The molecule has 1 fully saturated rings. The summed E-state index contributed by atoms with van der Waals surface area (Å²) in [6.07, 6.45) is 14.6. The third-order valence-electron chi connectivity index (χ3n) is 4.88. The Morgan fingerprint density at radius 1 is 1.00 bits per heavy atom. The number of carbonyl (C=O) groups excluding carboxylic acids is 1. The normalized spacial score (nSPS) is 18.8. The van der Waals surface area contributed by atoms with Gasteiger partial charge < -0.3 is 0 Å². The minimum absolute atomic E-state index is 0.342. The molecule has 22 heavy (non-hydrogen) atoms. The molecule has 0 bridgehead atoms. The topological polar surface area (TPSA) is 23.6 Å². The average molecular weight is 311 g/mol. The SMILES string of the molecule is CCCCCCCC1CCCN1N(CC)C(=O)CCCCC. The molecule has 0 spiro atoms. The van der Waals surface area contributed by atoms with Gasteiger partial charge >= 0.3 is 0 Å². The molecule has 1 rings (SSSR count). The molecule has 1 aliphatic heterocycles. The first-order chi connectivity index (χ1) is 10.7. The van der Waals surface area contributed by atoms with Crippen LogP contribution in [0.4, 0.5) is 0 Å². The summed E-state index contributed by atoms with van der Waals surface area (Å²) in [4.78, 5) is 12.5. The van der Waals surface area contributed by atoms with Crippen molar-refractivity contribution in [2.75, 3.05) is 13.1 Å². The Labute approximate surface area is 138 Å². The van der Waals surface area contributed by atoms with Crippen LogP contribution in [0.2, 0.25) is 0 Å². The van der Waals surface area contributed by atoms with E-state index in [1.54, 1.807) is 0 Å². The van der Waals surface area contributed by atoms with Crippen molar-refractivity contribution in [1.82, 2.24) is 10.0 Å². The molecule has 1 saturated heterocycles. The predicted molar refractivity (Wildman–Crippen MR) is 94.6 cm³/mol. The molecular formula is C19H38N2O. The summed E-state index contributed by atoms with van der Waals surface area (Å²) in [5.41, 5.74) is 0. The fraction of sp³-hybridized carbons (Fsp3) is 0.947. The molecule has 1 amide bonds. The van der Waals surface area contributed by atoms with Crippen molar-refractivity contribution in [2.45, 2.75) is 104 Å². The lowest BCUT2D eigenvalue weighted by atomic mass is 10.1. The smallest absolute Gasteiger partial charge is 0.236 e. The van der Waals surface area contributed by atoms with E-state index in [1.807, 2.05) is 0 Å². The summed E-state index contributed by atoms with van der Waals surface area (Å²) in [6.45, 7) is 8.48. The lowest BCUT2D eigenvalue weighted by Gasteiger charge is -2.35. The zero-order chi connectivity index (χ0) is 16.2. The third kappa shape index (κ3) is 6.68. The van der Waals surface area contributed by atoms with E-state index in [9.17, 15) is 4.79 Å². The fourth-order valence-corrected chi connectivity index (χ4v) is 3.57. The van der Waals surface area contributed by atoms with E-state index < -0.39 is 0 Å². The van der Waals surface area contributed by atoms with Crippen LogP contribution in [0.3, 0.4) is 0 Å². The number of unbranched alkanes of at least 4 members (excludes halogenated alkanes) is 6. The first-order valence-electron chi connectivity index (χ1n) is 9.81. The molecule has 0 aromatic heterocycles. The highest BCUT2D eigenvalue weighted by Crippen LogP contribution is 2.25. The van der Waals surface area contributed by atoms with E-state index in [-0.39, 0.29) is 0 Å². The van der Waals surface area contributed by atoms with Crippen molar-refractivity contribution in [3.8, 4) is 0 Å². The number of hydrogen-bond donors (Lipinski definition) is 0. The van der Waals surface area contributed by atoms with Crippen LogP contribution in [0.5, 0.6) is 0 Å². The summed E-state index contributed by atoms with van der Waals surface area (Å²) in [5, 5.41) is 4.45. The molecule has 0 N–H and O–H groups in total. The van der Waals surface area contributed by atoms with E-state index in [0.29, 0.717) is 11.9 Å². The highest BCUT2D eigenvalue weighted by atomic mass is 16.2. The number of hydrogen-bond acceptors (Lipinski definition) is 2. The van der Waals surface area contributed by atoms with Gasteiger partial charge in [-0.05, 0) is 32.6 Å². The van der Waals surface area contributed by atoms with Gasteiger partial charge in [0.1, 0.15) is 0 Å². The Balaban J connectivity index is 2.39. The standard InChI is InChI=1S/C19H38N2O/c1-4-7-9-10-12-14-18-15-13-17-21(18)20(6-3)19(22)16-11-8-5-2/h18H,4-17H2,1-3H3. The molecule has 0 aliphatic carbocycles. The molecule has 3 nitrogen and oxygen atoms in total. The Hall–Kier alpha value is -0.570. The average Bonchev–Trinajstić information content (AvgIpc) is 2.96. The van der Waals surface area contributed by atoms with Crippen LogP contribution in [0.1, 0.15) is 97.8 Å². The van der Waals surface area contributed by atoms with E-state index >= 15 is 0 Å². The monoisotopic (exact) mass is 310 g/mol. The van der Waals surface area contributed by atoms with Gasteiger partial charge in [-0.2, -0.15) is 0 Å². The van der Waals surface area contributed by atoms with E-state index in [1.165, 1.54) is 64.2 Å². The predicted octanol–water partition coefficient (Wildman–Crippen LogP) is 5.16. The summed E-state index contributed by atoms with van der Waals surface area (Å²) in [6, 6.07) is 0.608. The second kappa shape index (κ2) is 11.9. The largest absolute Gasteiger partial charge is 0.275 e. The van der Waals surface area contributed by atoms with E-state index in [2.05, 4.69) is 30.8 Å². The third-order valence-corrected chi connectivity index (χ3v) is 4.88. The quantitative estimate of drug-likeness (QED) is 0.465. The van der Waals surface area contributed by atoms with Crippen LogP contribution >= 0.6 is 0 Å². The molecule has 1 heterocycles. The molecule has 1 atom stereocenters. The Morgan fingerprint density at radius 3 is 2.36 bits per heavy atom. The summed E-state index contributed by atoms with van der Waals surface area (Å²) < 4.78 is 0. The van der Waals surface area contributed by atoms with Crippen LogP contribution in [-0.2, 0) is 4.79 Å². The number of amides is 1. The molecule has 0 aromatic carbocycles. The molecule has 0 radical (unpaired) electrons. The Morgan fingerprint density at radius 2 is 1.68 bits per heavy atom. The minimum atomic E-state index is 0.342. The van der Waals surface area contributed by atoms with Crippen LogP contribution in [0.15, 0.2) is 0 Å². The summed E-state index contributed by atoms with van der Waals surface area (Å²) in [5.74, 6) is 0.342. The number of rotatable bonds is 12. The first-order valence-corrected chi connectivity index (χ1v) is 9.81. The molecular weight excluding hydrogens is 272 g/mol. The summed E-state index contributed by atoms with van der Waals surface area (Å²) in [7, 11) is 0. The molecule has 1 unspecified atom stereocenters. The van der Waals surface area contributed by atoms with E-state index in [0.717, 1.165) is 25.9 Å². The van der Waals surface area contributed by atoms with Crippen molar-refractivity contribution >= 4 is 5.91 Å². The molecule has 0 aromatic rings. The van der Waals surface area contributed by atoms with Crippen molar-refractivity contribution in [1.29, 1.82) is 0 Å². The van der Waals surface area contributed by atoms with Crippen molar-refractivity contribution in [3.05, 3.63) is 0 Å². The van der Waals surface area contributed by atoms with Gasteiger partial charge in [0.05, 0.1) is 0 Å². The lowest BCUT2D eigenvalue weighted by molar-refractivity contribution is -0.150. The number of nitrogens with zero attached hydrogens (tertiary/aromatic N) is 2. The zero-order valence-corrected chi connectivity index (χ0v) is 15.3. The Kier molecular flexibility index (Phi) is 10.6. The van der Waals surface area contributed by atoms with Crippen molar-refractivity contribution in [2.24, 2.45) is 0 Å². The van der Waals surface area contributed by atoms with Gasteiger partial charge in [0.15, 0.2) is 0 Å². The van der Waals surface area contributed by atoms with Crippen molar-refractivity contribution < 1.29 is 4.79 Å². The highest BCUT2D eigenvalue weighted by Gasteiger charge is 2.30. The molecule has 1 aliphatic rings. The maximum absolute atomic E-state index is 12.5. The minimum Gasteiger partial charge on any atom is -0.275 e. The maximum Gasteiger partial charge on any atom is 0.236 e. The van der Waals surface area contributed by atoms with Crippen molar-refractivity contribution in [3.63, 3.8) is 0 Å². The van der Waals surface area contributed by atoms with E-state index in [4.69, 9.17) is 0 Å². The van der Waals surface area contributed by atoms with Gasteiger partial charge in [-0.25, -0.2) is 5.01 Å². The van der Waals surface area contributed by atoms with Gasteiger partial charge in [-0.3, -0.25) is 9.80 Å².